The number of hydrogen-bond donors (Lipinski definition) is 3. The van der Waals surface area contributed by atoms with Crippen molar-refractivity contribution in [1.29, 1.82) is 0 Å². The largest absolute Gasteiger partial charge is 0.465 e. The quantitative estimate of drug-likeness (QED) is 0.556. The van der Waals surface area contributed by atoms with Crippen molar-refractivity contribution < 1.29 is 19.1 Å². The number of carbonyl (C=O) groups is 2. The maximum absolute atomic E-state index is 13.2. The number of aromatic nitrogens is 2. The molecule has 0 unspecified atom stereocenters. The lowest BCUT2D eigenvalue weighted by Gasteiger charge is -2.05. The molecule has 0 aliphatic heterocycles. The molecule has 2 amide bonds. The molecular weight excluding hydrogens is 375 g/mol. The monoisotopic (exact) mass is 394 g/mol. The van der Waals surface area contributed by atoms with Crippen molar-refractivity contribution in [2.75, 3.05) is 5.32 Å². The van der Waals surface area contributed by atoms with E-state index in [1.165, 1.54) is 18.2 Å². The predicted octanol–water partition coefficient (Wildman–Crippen LogP) is 3.65. The van der Waals surface area contributed by atoms with Crippen LogP contribution in [0.25, 0.3) is 17.3 Å². The molecule has 3 N–H and O–H groups in total. The fourth-order valence-electron chi connectivity index (χ4n) is 2.77. The van der Waals surface area contributed by atoms with Crippen LogP contribution in [0.4, 0.5) is 14.9 Å². The van der Waals surface area contributed by atoms with Gasteiger partial charge in [0, 0.05) is 36.5 Å². The Balaban J connectivity index is 1.67. The van der Waals surface area contributed by atoms with Crippen LogP contribution in [0.15, 0.2) is 60.8 Å². The molecule has 8 heteroatoms. The van der Waals surface area contributed by atoms with Crippen LogP contribution in [0.5, 0.6) is 0 Å². The van der Waals surface area contributed by atoms with Gasteiger partial charge in [-0.05, 0) is 48.0 Å². The van der Waals surface area contributed by atoms with Crippen molar-refractivity contribution in [3.63, 3.8) is 0 Å². The number of nitrogens with one attached hydrogen (secondary N) is 2. The van der Waals surface area contributed by atoms with Crippen molar-refractivity contribution in [2.45, 2.75) is 6.54 Å². The molecule has 3 aromatic rings. The first-order chi connectivity index (χ1) is 13.9. The highest BCUT2D eigenvalue weighted by Gasteiger charge is 2.09. The number of halogens is 1. The van der Waals surface area contributed by atoms with Crippen molar-refractivity contribution in [3.8, 4) is 11.3 Å². The van der Waals surface area contributed by atoms with Gasteiger partial charge in [-0.1, -0.05) is 12.1 Å². The molecule has 0 aliphatic carbocycles. The summed E-state index contributed by atoms with van der Waals surface area (Å²) in [4.78, 5) is 22.7. The molecule has 0 aliphatic rings. The molecule has 0 bridgehead atoms. The first-order valence-corrected chi connectivity index (χ1v) is 8.75. The Morgan fingerprint density at radius 2 is 1.83 bits per heavy atom. The average molecular weight is 394 g/mol. The van der Waals surface area contributed by atoms with Crippen LogP contribution in [0.1, 0.15) is 11.1 Å². The smallest absolute Gasteiger partial charge is 0.404 e. The summed E-state index contributed by atoms with van der Waals surface area (Å²) >= 11 is 0. The van der Waals surface area contributed by atoms with Crippen LogP contribution in [0, 0.1) is 5.82 Å². The zero-order chi connectivity index (χ0) is 20.8. The Morgan fingerprint density at radius 1 is 1.14 bits per heavy atom. The molecule has 7 nitrogen and oxygen atoms in total. The minimum atomic E-state index is -1.09. The summed E-state index contributed by atoms with van der Waals surface area (Å²) in [6, 6.07) is 12.9. The second-order valence-corrected chi connectivity index (χ2v) is 6.26. The normalized spacial score (nSPS) is 10.8. The van der Waals surface area contributed by atoms with E-state index in [0.717, 1.165) is 22.4 Å². The zero-order valence-electron chi connectivity index (χ0n) is 15.6. The molecule has 0 spiro atoms. The number of carbonyl (C=O) groups excluding carboxylic acids is 1. The van der Waals surface area contributed by atoms with Gasteiger partial charge in [-0.15, -0.1) is 0 Å². The maximum atomic E-state index is 13.2. The number of anilines is 1. The summed E-state index contributed by atoms with van der Waals surface area (Å²) in [5.74, 6) is -0.646. The van der Waals surface area contributed by atoms with E-state index in [0.29, 0.717) is 5.69 Å². The third kappa shape index (κ3) is 5.29. The van der Waals surface area contributed by atoms with Gasteiger partial charge in [0.05, 0.1) is 11.9 Å². The average Bonchev–Trinajstić information content (AvgIpc) is 3.07. The van der Waals surface area contributed by atoms with Crippen LogP contribution in [-0.2, 0) is 18.4 Å². The van der Waals surface area contributed by atoms with Crippen molar-refractivity contribution in [1.82, 2.24) is 15.1 Å². The van der Waals surface area contributed by atoms with Gasteiger partial charge in [0.25, 0.3) is 0 Å². The summed E-state index contributed by atoms with van der Waals surface area (Å²) in [5.41, 5.74) is 3.65. The van der Waals surface area contributed by atoms with Gasteiger partial charge in [-0.25, -0.2) is 9.18 Å². The Kier molecular flexibility index (Phi) is 6.03. The Morgan fingerprint density at radius 3 is 2.48 bits per heavy atom. The molecule has 0 radical (unpaired) electrons. The number of nitrogens with zero attached hydrogens (tertiary/aromatic N) is 2. The summed E-state index contributed by atoms with van der Waals surface area (Å²) in [7, 11) is 1.77. The number of rotatable bonds is 6. The fraction of sp³-hybridized carbons (Fsp3) is 0.0952. The lowest BCUT2D eigenvalue weighted by atomic mass is 10.1. The van der Waals surface area contributed by atoms with Crippen LogP contribution >= 0.6 is 0 Å². The van der Waals surface area contributed by atoms with E-state index in [4.69, 9.17) is 5.11 Å². The standard InChI is InChI=1S/C21H19FN4O3/c1-26-20(15-4-7-17(22)8-5-15)16(13-24-26)6-11-19(27)25-18-9-2-14(3-10-18)12-23-21(28)29/h2-11,13,23H,12H2,1H3,(H,25,27)(H,28,29). The van der Waals surface area contributed by atoms with Crippen molar-refractivity contribution in [2.24, 2.45) is 7.05 Å². The number of carboxylic acid groups (broad SMARTS) is 1. The molecule has 0 fully saturated rings. The summed E-state index contributed by atoms with van der Waals surface area (Å²) in [6.45, 7) is 0.191. The molecule has 0 saturated heterocycles. The molecule has 0 atom stereocenters. The van der Waals surface area contributed by atoms with Crippen LogP contribution in [0.2, 0.25) is 0 Å². The number of aryl methyl sites for hydroxylation is 1. The molecular formula is C21H19FN4O3. The molecule has 3 rings (SSSR count). The molecule has 1 heterocycles. The SMILES string of the molecule is Cn1ncc(C=CC(=O)Nc2ccc(CNC(=O)O)cc2)c1-c1ccc(F)cc1. The van der Waals surface area contributed by atoms with E-state index in [1.54, 1.807) is 60.4 Å². The van der Waals surface area contributed by atoms with Crippen molar-refractivity contribution >= 4 is 23.8 Å². The van der Waals surface area contributed by atoms with Gasteiger partial charge < -0.3 is 15.7 Å². The van der Waals surface area contributed by atoms with Gasteiger partial charge in [-0.3, -0.25) is 9.48 Å². The van der Waals surface area contributed by atoms with E-state index in [1.807, 2.05) is 0 Å². The second-order valence-electron chi connectivity index (χ2n) is 6.26. The van der Waals surface area contributed by atoms with Crippen LogP contribution < -0.4 is 10.6 Å². The van der Waals surface area contributed by atoms with Crippen molar-refractivity contribution in [3.05, 3.63) is 77.7 Å². The highest BCUT2D eigenvalue weighted by atomic mass is 19.1. The molecule has 148 valence electrons. The van der Waals surface area contributed by atoms with E-state index in [-0.39, 0.29) is 18.3 Å². The molecule has 1 aromatic heterocycles. The van der Waals surface area contributed by atoms with E-state index < -0.39 is 6.09 Å². The Labute approximate surface area is 166 Å². The van der Waals surface area contributed by atoms with E-state index >= 15 is 0 Å². The van der Waals surface area contributed by atoms with E-state index in [9.17, 15) is 14.0 Å². The van der Waals surface area contributed by atoms with Gasteiger partial charge in [0.2, 0.25) is 5.91 Å². The second kappa shape index (κ2) is 8.83. The zero-order valence-corrected chi connectivity index (χ0v) is 15.6. The molecule has 2 aromatic carbocycles. The minimum absolute atomic E-state index is 0.191. The van der Waals surface area contributed by atoms with Gasteiger partial charge in [0.15, 0.2) is 0 Å². The summed E-state index contributed by atoms with van der Waals surface area (Å²) < 4.78 is 14.8. The minimum Gasteiger partial charge on any atom is -0.465 e. The Bertz CT molecular complexity index is 1040. The lowest BCUT2D eigenvalue weighted by Crippen LogP contribution is -2.19. The maximum Gasteiger partial charge on any atom is 0.404 e. The highest BCUT2D eigenvalue weighted by molar-refractivity contribution is 6.02. The van der Waals surface area contributed by atoms with Crippen LogP contribution in [-0.4, -0.2) is 26.9 Å². The van der Waals surface area contributed by atoms with E-state index in [2.05, 4.69) is 15.7 Å². The highest BCUT2D eigenvalue weighted by Crippen LogP contribution is 2.24. The molecule has 29 heavy (non-hydrogen) atoms. The summed E-state index contributed by atoms with van der Waals surface area (Å²) in [6.07, 6.45) is 3.57. The van der Waals surface area contributed by atoms with Gasteiger partial charge >= 0.3 is 6.09 Å². The van der Waals surface area contributed by atoms with Gasteiger partial charge in [0.1, 0.15) is 5.82 Å². The number of amides is 2. The Hall–Kier alpha value is -3.94. The number of hydrogen-bond acceptors (Lipinski definition) is 3. The fourth-order valence-corrected chi connectivity index (χ4v) is 2.77. The third-order valence-electron chi connectivity index (χ3n) is 4.16. The predicted molar refractivity (Wildman–Crippen MR) is 108 cm³/mol. The first-order valence-electron chi connectivity index (χ1n) is 8.75. The number of benzene rings is 2. The van der Waals surface area contributed by atoms with Gasteiger partial charge in [-0.2, -0.15) is 5.10 Å². The molecule has 0 saturated carbocycles. The van der Waals surface area contributed by atoms with Crippen LogP contribution in [0.3, 0.4) is 0 Å². The topological polar surface area (TPSA) is 96.3 Å². The first kappa shape index (κ1) is 19.8. The third-order valence-corrected chi connectivity index (χ3v) is 4.16. The summed E-state index contributed by atoms with van der Waals surface area (Å²) in [5, 5.41) is 17.8. The lowest BCUT2D eigenvalue weighted by molar-refractivity contribution is -0.111.